The number of nitrogens with zero attached hydrogens (tertiary/aromatic N) is 3. The van der Waals surface area contributed by atoms with Gasteiger partial charge in [0.25, 0.3) is 5.56 Å². The maximum atomic E-state index is 12.4. The summed E-state index contributed by atoms with van der Waals surface area (Å²) in [4.78, 5) is 24.4. The average molecular weight is 326 g/mol. The number of aromatic amines is 1. The zero-order valence-corrected chi connectivity index (χ0v) is 15.0. The Morgan fingerprint density at radius 3 is 2.58 bits per heavy atom. The van der Waals surface area contributed by atoms with Crippen molar-refractivity contribution in [1.82, 2.24) is 14.9 Å². The van der Waals surface area contributed by atoms with Crippen molar-refractivity contribution in [3.63, 3.8) is 0 Å². The highest BCUT2D eigenvalue weighted by atomic mass is 16.1. The molecule has 1 aromatic heterocycles. The van der Waals surface area contributed by atoms with Crippen molar-refractivity contribution in [3.8, 4) is 0 Å². The van der Waals surface area contributed by atoms with E-state index in [-0.39, 0.29) is 11.5 Å². The molecule has 0 atom stereocenters. The van der Waals surface area contributed by atoms with Crippen LogP contribution in [0.2, 0.25) is 0 Å². The largest absolute Gasteiger partial charge is 0.378 e. The lowest BCUT2D eigenvalue weighted by molar-refractivity contribution is 0.241. The maximum Gasteiger partial charge on any atom is 0.255 e. The van der Waals surface area contributed by atoms with Crippen LogP contribution in [0.3, 0.4) is 0 Å². The Labute approximate surface area is 143 Å². The molecule has 2 aromatic rings. The van der Waals surface area contributed by atoms with Gasteiger partial charge in [-0.05, 0) is 17.7 Å². The van der Waals surface area contributed by atoms with Crippen molar-refractivity contribution in [1.29, 1.82) is 0 Å². The molecule has 0 radical (unpaired) electrons. The summed E-state index contributed by atoms with van der Waals surface area (Å²) < 4.78 is 0. The van der Waals surface area contributed by atoms with Crippen LogP contribution in [0.4, 0.5) is 5.69 Å². The third-order valence-corrected chi connectivity index (χ3v) is 4.57. The zero-order chi connectivity index (χ0) is 17.3. The smallest absolute Gasteiger partial charge is 0.255 e. The lowest BCUT2D eigenvalue weighted by Gasteiger charge is -2.28. The molecule has 1 aliphatic rings. The minimum absolute atomic E-state index is 0.0244. The SMILES string of the molecule is CC(C)c1nc2c(c(=O)[nH]1)CN(Cc1ccc(N(C)C)cc1)CC2. The van der Waals surface area contributed by atoms with Crippen LogP contribution in [0.15, 0.2) is 29.1 Å². The zero-order valence-electron chi connectivity index (χ0n) is 15.0. The number of hydrogen-bond donors (Lipinski definition) is 1. The average Bonchev–Trinajstić information content (AvgIpc) is 2.55. The molecule has 1 N–H and O–H groups in total. The lowest BCUT2D eigenvalue weighted by atomic mass is 10.0. The van der Waals surface area contributed by atoms with Gasteiger partial charge in [-0.15, -0.1) is 0 Å². The minimum Gasteiger partial charge on any atom is -0.378 e. The summed E-state index contributed by atoms with van der Waals surface area (Å²) in [7, 11) is 4.09. The fraction of sp³-hybridized carbons (Fsp3) is 0.474. The Bertz CT molecular complexity index is 762. The molecule has 3 rings (SSSR count). The molecule has 0 saturated heterocycles. The van der Waals surface area contributed by atoms with Gasteiger partial charge < -0.3 is 9.88 Å². The predicted octanol–water partition coefficient (Wildman–Crippen LogP) is 2.52. The summed E-state index contributed by atoms with van der Waals surface area (Å²) in [5.41, 5.74) is 4.30. The van der Waals surface area contributed by atoms with Crippen LogP contribution >= 0.6 is 0 Å². The standard InChI is InChI=1S/C19H26N4O/c1-13(2)18-20-17-9-10-23(12-16(17)19(24)21-18)11-14-5-7-15(8-6-14)22(3)4/h5-8,13H,9-12H2,1-4H3,(H,20,21,24). The van der Waals surface area contributed by atoms with Crippen LogP contribution in [0.25, 0.3) is 0 Å². The molecule has 1 aromatic carbocycles. The van der Waals surface area contributed by atoms with Crippen molar-refractivity contribution >= 4 is 5.69 Å². The molecule has 0 saturated carbocycles. The van der Waals surface area contributed by atoms with Crippen molar-refractivity contribution in [3.05, 3.63) is 57.3 Å². The highest BCUT2D eigenvalue weighted by Gasteiger charge is 2.21. The summed E-state index contributed by atoms with van der Waals surface area (Å²) in [6.45, 7) is 6.58. The van der Waals surface area contributed by atoms with Crippen LogP contribution in [-0.2, 0) is 19.5 Å². The monoisotopic (exact) mass is 326 g/mol. The number of H-pyrrole nitrogens is 1. The van der Waals surface area contributed by atoms with Gasteiger partial charge in [-0.1, -0.05) is 26.0 Å². The van der Waals surface area contributed by atoms with E-state index in [1.807, 2.05) is 14.1 Å². The number of rotatable bonds is 4. The number of benzene rings is 1. The molecule has 5 nitrogen and oxygen atoms in total. The Balaban J connectivity index is 1.74. The van der Waals surface area contributed by atoms with Gasteiger partial charge in [0.1, 0.15) is 5.82 Å². The third kappa shape index (κ3) is 3.51. The minimum atomic E-state index is 0.0244. The van der Waals surface area contributed by atoms with Gasteiger partial charge in [-0.3, -0.25) is 9.69 Å². The first-order chi connectivity index (χ1) is 11.4. The summed E-state index contributed by atoms with van der Waals surface area (Å²) >= 11 is 0. The highest BCUT2D eigenvalue weighted by Crippen LogP contribution is 2.19. The molecular weight excluding hydrogens is 300 g/mol. The van der Waals surface area contributed by atoms with Gasteiger partial charge in [0, 0.05) is 51.8 Å². The second-order valence-corrected chi connectivity index (χ2v) is 7.05. The molecule has 0 amide bonds. The molecule has 0 spiro atoms. The molecule has 5 heteroatoms. The molecule has 1 aliphatic heterocycles. The van der Waals surface area contributed by atoms with E-state index >= 15 is 0 Å². The first-order valence-electron chi connectivity index (χ1n) is 8.54. The van der Waals surface area contributed by atoms with Crippen LogP contribution in [0.1, 0.15) is 42.4 Å². The normalized spacial score (nSPS) is 14.7. The lowest BCUT2D eigenvalue weighted by Crippen LogP contribution is -2.35. The van der Waals surface area contributed by atoms with Crippen molar-refractivity contribution in [2.24, 2.45) is 0 Å². The molecule has 0 bridgehead atoms. The second-order valence-electron chi connectivity index (χ2n) is 7.05. The Morgan fingerprint density at radius 1 is 1.25 bits per heavy atom. The van der Waals surface area contributed by atoms with Gasteiger partial charge in [-0.25, -0.2) is 4.98 Å². The molecule has 24 heavy (non-hydrogen) atoms. The summed E-state index contributed by atoms with van der Waals surface area (Å²) in [6.07, 6.45) is 0.842. The maximum absolute atomic E-state index is 12.4. The van der Waals surface area contributed by atoms with Gasteiger partial charge in [0.2, 0.25) is 0 Å². The van der Waals surface area contributed by atoms with E-state index in [4.69, 9.17) is 0 Å². The van der Waals surface area contributed by atoms with Gasteiger partial charge in [-0.2, -0.15) is 0 Å². The second kappa shape index (κ2) is 6.77. The summed E-state index contributed by atoms with van der Waals surface area (Å²) in [5, 5.41) is 0. The number of nitrogens with one attached hydrogen (secondary N) is 1. The number of anilines is 1. The molecule has 128 valence electrons. The van der Waals surface area contributed by atoms with Crippen molar-refractivity contribution < 1.29 is 0 Å². The van der Waals surface area contributed by atoms with Crippen molar-refractivity contribution in [2.45, 2.75) is 39.3 Å². The first-order valence-corrected chi connectivity index (χ1v) is 8.54. The van der Waals surface area contributed by atoms with Crippen molar-refractivity contribution in [2.75, 3.05) is 25.5 Å². The number of hydrogen-bond acceptors (Lipinski definition) is 4. The van der Waals surface area contributed by atoms with E-state index in [1.165, 1.54) is 11.3 Å². The summed E-state index contributed by atoms with van der Waals surface area (Å²) in [6, 6.07) is 8.59. The van der Waals surface area contributed by atoms with E-state index in [9.17, 15) is 4.79 Å². The first kappa shape index (κ1) is 16.7. The van der Waals surface area contributed by atoms with Crippen LogP contribution in [0.5, 0.6) is 0 Å². The fourth-order valence-electron chi connectivity index (χ4n) is 3.07. The number of aromatic nitrogens is 2. The van der Waals surface area contributed by atoms with Gasteiger partial charge >= 0.3 is 0 Å². The fourth-order valence-corrected chi connectivity index (χ4v) is 3.07. The topological polar surface area (TPSA) is 52.2 Å². The predicted molar refractivity (Wildman–Crippen MR) is 97.5 cm³/mol. The summed E-state index contributed by atoms with van der Waals surface area (Å²) in [5.74, 6) is 1.04. The molecule has 2 heterocycles. The molecule has 0 unspecified atom stereocenters. The van der Waals surface area contributed by atoms with E-state index in [2.05, 4.69) is 57.9 Å². The Morgan fingerprint density at radius 2 is 1.96 bits per heavy atom. The van der Waals surface area contributed by atoms with Gasteiger partial charge in [0.05, 0.1) is 11.3 Å². The van der Waals surface area contributed by atoms with E-state index in [0.717, 1.165) is 36.6 Å². The van der Waals surface area contributed by atoms with E-state index in [0.29, 0.717) is 6.54 Å². The Kier molecular flexibility index (Phi) is 4.71. The van der Waals surface area contributed by atoms with Crippen LogP contribution < -0.4 is 10.5 Å². The molecular formula is C19H26N4O. The van der Waals surface area contributed by atoms with Crippen LogP contribution in [0, 0.1) is 0 Å². The molecule has 0 fully saturated rings. The molecule has 0 aliphatic carbocycles. The van der Waals surface area contributed by atoms with Gasteiger partial charge in [0.15, 0.2) is 0 Å². The third-order valence-electron chi connectivity index (χ3n) is 4.57. The quantitative estimate of drug-likeness (QED) is 0.938. The Hall–Kier alpha value is -2.14. The van der Waals surface area contributed by atoms with E-state index < -0.39 is 0 Å². The van der Waals surface area contributed by atoms with Crippen LogP contribution in [-0.4, -0.2) is 35.5 Å². The highest BCUT2D eigenvalue weighted by molar-refractivity contribution is 5.46. The van der Waals surface area contributed by atoms with E-state index in [1.54, 1.807) is 0 Å². The number of fused-ring (bicyclic) bond motifs is 1.